The van der Waals surface area contributed by atoms with Crippen molar-refractivity contribution in [2.24, 2.45) is 0 Å². The Kier molecular flexibility index (Phi) is 6.35. The van der Waals surface area contributed by atoms with Crippen LogP contribution in [0.15, 0.2) is 36.5 Å². The molecule has 4 heterocycles. The van der Waals surface area contributed by atoms with Gasteiger partial charge in [-0.15, -0.1) is 0 Å². The molecular weight excluding hydrogens is 405 g/mol. The lowest BCUT2D eigenvalue weighted by atomic mass is 9.97. The first-order valence-corrected chi connectivity index (χ1v) is 12.0. The van der Waals surface area contributed by atoms with Crippen molar-refractivity contribution in [1.82, 2.24) is 20.2 Å². The second kappa shape index (κ2) is 9.53. The zero-order valence-corrected chi connectivity index (χ0v) is 18.5. The highest BCUT2D eigenvalue weighted by atomic mass is 19.1. The Bertz CT molecular complexity index is 930. The van der Waals surface area contributed by atoms with Crippen molar-refractivity contribution in [3.05, 3.63) is 53.6 Å². The normalized spacial score (nSPS) is 26.5. The minimum absolute atomic E-state index is 0.160. The smallest absolute Gasteiger partial charge is 0.225 e. The molecule has 1 aromatic heterocycles. The average Bonchev–Trinajstić information content (AvgIpc) is 3.41. The van der Waals surface area contributed by atoms with Crippen LogP contribution in [0.4, 0.5) is 10.3 Å². The summed E-state index contributed by atoms with van der Waals surface area (Å²) in [4.78, 5) is 26.6. The van der Waals surface area contributed by atoms with E-state index < -0.39 is 0 Å². The molecule has 0 spiro atoms. The van der Waals surface area contributed by atoms with Crippen LogP contribution in [0, 0.1) is 5.82 Å². The van der Waals surface area contributed by atoms with Crippen LogP contribution in [-0.2, 0) is 17.8 Å². The molecule has 1 amide bonds. The molecule has 3 saturated heterocycles. The fourth-order valence-electron chi connectivity index (χ4n) is 5.60. The summed E-state index contributed by atoms with van der Waals surface area (Å²) in [5.41, 5.74) is 2.16. The maximum absolute atomic E-state index is 13.4. The van der Waals surface area contributed by atoms with Crippen molar-refractivity contribution in [3.63, 3.8) is 0 Å². The maximum atomic E-state index is 13.4. The summed E-state index contributed by atoms with van der Waals surface area (Å²) in [7, 11) is 0. The maximum Gasteiger partial charge on any atom is 0.225 e. The van der Waals surface area contributed by atoms with Gasteiger partial charge in [-0.3, -0.25) is 9.69 Å². The molecule has 32 heavy (non-hydrogen) atoms. The van der Waals surface area contributed by atoms with E-state index in [1.165, 1.54) is 25.0 Å². The number of halogens is 1. The monoisotopic (exact) mass is 437 g/mol. The standard InChI is InChI=1S/C25H32FN5O/c26-19-9-7-18(8-10-19)15-21-16-22-23(5-1-2-6-24(32)29-22)31(21)17-20-11-12-27-25(28-20)30-13-3-4-14-30/h7-12,21-23H,1-6,13-17H2,(H,29,32)/t21-,22+,23-/m1/s1. The van der Waals surface area contributed by atoms with Gasteiger partial charge in [0, 0.05) is 50.4 Å². The Morgan fingerprint density at radius 2 is 1.88 bits per heavy atom. The number of anilines is 1. The van der Waals surface area contributed by atoms with Crippen molar-refractivity contribution < 1.29 is 9.18 Å². The summed E-state index contributed by atoms with van der Waals surface area (Å²) in [6, 6.07) is 9.58. The largest absolute Gasteiger partial charge is 0.352 e. The summed E-state index contributed by atoms with van der Waals surface area (Å²) in [5, 5.41) is 3.30. The second-order valence-electron chi connectivity index (χ2n) is 9.42. The first kappa shape index (κ1) is 21.3. The number of hydrogen-bond donors (Lipinski definition) is 1. The fraction of sp³-hybridized carbons (Fsp3) is 0.560. The van der Waals surface area contributed by atoms with Gasteiger partial charge in [0.15, 0.2) is 0 Å². The van der Waals surface area contributed by atoms with Gasteiger partial charge in [-0.25, -0.2) is 14.4 Å². The third-order valence-corrected chi connectivity index (χ3v) is 7.20. The number of benzene rings is 1. The highest BCUT2D eigenvalue weighted by Crippen LogP contribution is 2.33. The minimum Gasteiger partial charge on any atom is -0.352 e. The highest BCUT2D eigenvalue weighted by Gasteiger charge is 2.42. The summed E-state index contributed by atoms with van der Waals surface area (Å²) in [6.45, 7) is 2.79. The molecule has 5 rings (SSSR count). The van der Waals surface area contributed by atoms with Gasteiger partial charge >= 0.3 is 0 Å². The summed E-state index contributed by atoms with van der Waals surface area (Å²) >= 11 is 0. The Hall–Kier alpha value is -2.54. The summed E-state index contributed by atoms with van der Waals surface area (Å²) < 4.78 is 13.4. The SMILES string of the molecule is O=C1CCCC[C@@H]2[C@H](C[C@@H](Cc3ccc(F)cc3)N2Cc2ccnc(N3CCCC3)n2)N1. The van der Waals surface area contributed by atoms with E-state index in [-0.39, 0.29) is 23.8 Å². The van der Waals surface area contributed by atoms with Crippen LogP contribution >= 0.6 is 0 Å². The summed E-state index contributed by atoms with van der Waals surface area (Å²) in [5.74, 6) is 0.790. The third kappa shape index (κ3) is 4.77. The molecule has 0 bridgehead atoms. The van der Waals surface area contributed by atoms with E-state index in [0.717, 1.165) is 68.9 Å². The average molecular weight is 438 g/mol. The van der Waals surface area contributed by atoms with Gasteiger partial charge in [0.05, 0.1) is 5.69 Å². The molecule has 0 aliphatic carbocycles. The van der Waals surface area contributed by atoms with Crippen LogP contribution in [0.1, 0.15) is 56.2 Å². The van der Waals surface area contributed by atoms with Crippen LogP contribution in [0.25, 0.3) is 0 Å². The molecule has 170 valence electrons. The van der Waals surface area contributed by atoms with Crippen LogP contribution in [-0.4, -0.2) is 52.0 Å². The van der Waals surface area contributed by atoms with Crippen LogP contribution in [0.2, 0.25) is 0 Å². The molecule has 0 radical (unpaired) electrons. The minimum atomic E-state index is -0.207. The lowest BCUT2D eigenvalue weighted by Gasteiger charge is -2.33. The number of carbonyl (C=O) groups excluding carboxylic acids is 1. The predicted molar refractivity (Wildman–Crippen MR) is 122 cm³/mol. The molecule has 3 fully saturated rings. The van der Waals surface area contributed by atoms with Gasteiger partial charge in [-0.2, -0.15) is 0 Å². The lowest BCUT2D eigenvalue weighted by Crippen LogP contribution is -2.46. The molecular formula is C25H32FN5O. The van der Waals surface area contributed by atoms with E-state index in [1.54, 1.807) is 0 Å². The quantitative estimate of drug-likeness (QED) is 0.776. The van der Waals surface area contributed by atoms with Gasteiger partial charge in [0.25, 0.3) is 0 Å². The molecule has 3 atom stereocenters. The number of carbonyl (C=O) groups is 1. The van der Waals surface area contributed by atoms with Crippen molar-refractivity contribution >= 4 is 11.9 Å². The van der Waals surface area contributed by atoms with E-state index in [9.17, 15) is 9.18 Å². The number of likely N-dealkylation sites (tertiary alicyclic amines) is 1. The zero-order chi connectivity index (χ0) is 21.9. The number of amides is 1. The number of nitrogens with one attached hydrogen (secondary N) is 1. The Morgan fingerprint density at radius 3 is 2.69 bits per heavy atom. The van der Waals surface area contributed by atoms with E-state index in [4.69, 9.17) is 4.98 Å². The Morgan fingerprint density at radius 1 is 1.06 bits per heavy atom. The van der Waals surface area contributed by atoms with Gasteiger partial charge in [-0.05, 0) is 62.3 Å². The first-order valence-electron chi connectivity index (χ1n) is 12.0. The van der Waals surface area contributed by atoms with Gasteiger partial charge in [0.1, 0.15) is 5.82 Å². The third-order valence-electron chi connectivity index (χ3n) is 7.20. The predicted octanol–water partition coefficient (Wildman–Crippen LogP) is 3.46. The van der Waals surface area contributed by atoms with Crippen LogP contribution < -0.4 is 10.2 Å². The summed E-state index contributed by atoms with van der Waals surface area (Å²) in [6.07, 6.45) is 9.73. The van der Waals surface area contributed by atoms with Gasteiger partial charge in [0.2, 0.25) is 11.9 Å². The Labute approximate surface area is 189 Å². The fourth-order valence-corrected chi connectivity index (χ4v) is 5.60. The van der Waals surface area contributed by atoms with Crippen molar-refractivity contribution in [2.75, 3.05) is 18.0 Å². The van der Waals surface area contributed by atoms with Crippen molar-refractivity contribution in [2.45, 2.75) is 76.0 Å². The highest BCUT2D eigenvalue weighted by molar-refractivity contribution is 5.76. The van der Waals surface area contributed by atoms with E-state index >= 15 is 0 Å². The van der Waals surface area contributed by atoms with Crippen LogP contribution in [0.5, 0.6) is 0 Å². The van der Waals surface area contributed by atoms with E-state index in [2.05, 4.69) is 20.1 Å². The first-order chi connectivity index (χ1) is 15.7. The molecule has 0 saturated carbocycles. The van der Waals surface area contributed by atoms with Gasteiger partial charge < -0.3 is 10.2 Å². The number of aromatic nitrogens is 2. The van der Waals surface area contributed by atoms with Crippen LogP contribution in [0.3, 0.4) is 0 Å². The molecule has 1 aromatic carbocycles. The molecule has 3 aliphatic heterocycles. The lowest BCUT2D eigenvalue weighted by molar-refractivity contribution is -0.122. The molecule has 1 N–H and O–H groups in total. The van der Waals surface area contributed by atoms with Gasteiger partial charge in [-0.1, -0.05) is 18.6 Å². The van der Waals surface area contributed by atoms with Crippen molar-refractivity contribution in [3.8, 4) is 0 Å². The number of hydrogen-bond acceptors (Lipinski definition) is 5. The molecule has 7 heteroatoms. The number of nitrogens with zero attached hydrogens (tertiary/aromatic N) is 4. The van der Waals surface area contributed by atoms with Crippen molar-refractivity contribution in [1.29, 1.82) is 0 Å². The topological polar surface area (TPSA) is 61.4 Å². The molecule has 3 aliphatic rings. The van der Waals surface area contributed by atoms with E-state index in [0.29, 0.717) is 12.5 Å². The Balaban J connectivity index is 1.39. The molecule has 6 nitrogen and oxygen atoms in total. The number of fused-ring (bicyclic) bond motifs is 1. The molecule has 2 aromatic rings. The second-order valence-corrected chi connectivity index (χ2v) is 9.42. The molecule has 0 unspecified atom stereocenters. The van der Waals surface area contributed by atoms with E-state index in [1.807, 2.05) is 24.4 Å². The zero-order valence-electron chi connectivity index (χ0n) is 18.5. The number of rotatable bonds is 5.